The molecule has 14 heavy (non-hydrogen) atoms. The molecule has 0 aliphatic carbocycles. The van der Waals surface area contributed by atoms with Crippen LogP contribution in [0.3, 0.4) is 0 Å². The second-order valence-corrected chi connectivity index (χ2v) is 3.35. The molecule has 1 N–H and O–H groups in total. The lowest BCUT2D eigenvalue weighted by Gasteiger charge is -2.11. The average Bonchev–Trinajstić information content (AvgIpc) is 2.18. The molecule has 0 aromatic heterocycles. The number of rotatable bonds is 4. The van der Waals surface area contributed by atoms with Gasteiger partial charge in [0, 0.05) is 11.6 Å². The summed E-state index contributed by atoms with van der Waals surface area (Å²) in [7, 11) is 3.21. The molecule has 0 amide bonds. The van der Waals surface area contributed by atoms with Gasteiger partial charge >= 0.3 is 0 Å². The highest BCUT2D eigenvalue weighted by Crippen LogP contribution is 2.26. The van der Waals surface area contributed by atoms with Crippen molar-refractivity contribution in [1.82, 2.24) is 5.48 Å². The summed E-state index contributed by atoms with van der Waals surface area (Å²) >= 11 is 5.93. The number of hydroxylamine groups is 1. The minimum atomic E-state index is 0.610. The maximum absolute atomic E-state index is 5.93. The van der Waals surface area contributed by atoms with E-state index in [0.29, 0.717) is 11.6 Å². The van der Waals surface area contributed by atoms with Gasteiger partial charge in [0.2, 0.25) is 0 Å². The Kier molecular flexibility index (Phi) is 4.20. The number of benzene rings is 1. The van der Waals surface area contributed by atoms with Gasteiger partial charge in [0.15, 0.2) is 0 Å². The van der Waals surface area contributed by atoms with Crippen LogP contribution in [-0.2, 0) is 11.4 Å². The van der Waals surface area contributed by atoms with Gasteiger partial charge in [-0.2, -0.15) is 5.48 Å². The van der Waals surface area contributed by atoms with Crippen molar-refractivity contribution in [1.29, 1.82) is 0 Å². The molecule has 0 bridgehead atoms. The van der Waals surface area contributed by atoms with E-state index in [4.69, 9.17) is 21.2 Å². The topological polar surface area (TPSA) is 30.5 Å². The van der Waals surface area contributed by atoms with E-state index in [1.807, 2.05) is 13.0 Å². The first-order chi connectivity index (χ1) is 6.69. The smallest absolute Gasteiger partial charge is 0.123 e. The molecule has 0 unspecified atom stereocenters. The Labute approximate surface area is 88.9 Å². The van der Waals surface area contributed by atoms with Crippen molar-refractivity contribution in [2.24, 2.45) is 0 Å². The van der Waals surface area contributed by atoms with Gasteiger partial charge in [-0.05, 0) is 30.2 Å². The predicted molar refractivity (Wildman–Crippen MR) is 56.6 cm³/mol. The molecule has 0 atom stereocenters. The Hall–Kier alpha value is -0.770. The van der Waals surface area contributed by atoms with Gasteiger partial charge in [0.25, 0.3) is 0 Å². The van der Waals surface area contributed by atoms with Crippen molar-refractivity contribution in [3.05, 3.63) is 28.3 Å². The number of ether oxygens (including phenoxy) is 1. The SMILES string of the molecule is CONCc1cc(Cl)cc(OC)c1C. The number of halogens is 1. The standard InChI is InChI=1S/C10H14ClNO2/c1-7-8(6-12-14-3)4-9(11)5-10(7)13-2/h4-5,12H,6H2,1-3H3. The van der Waals surface area contributed by atoms with E-state index in [9.17, 15) is 0 Å². The fourth-order valence-electron chi connectivity index (χ4n) is 1.25. The Morgan fingerprint density at radius 3 is 2.64 bits per heavy atom. The van der Waals surface area contributed by atoms with E-state index in [1.54, 1.807) is 20.3 Å². The van der Waals surface area contributed by atoms with Crippen LogP contribution in [0, 0.1) is 6.92 Å². The van der Waals surface area contributed by atoms with E-state index >= 15 is 0 Å². The third-order valence-corrected chi connectivity index (χ3v) is 2.28. The highest BCUT2D eigenvalue weighted by molar-refractivity contribution is 6.30. The molecule has 4 heteroatoms. The van der Waals surface area contributed by atoms with Gasteiger partial charge in [-0.1, -0.05) is 11.6 Å². The number of nitrogens with one attached hydrogen (secondary N) is 1. The molecular weight excluding hydrogens is 202 g/mol. The summed E-state index contributed by atoms with van der Waals surface area (Å²) in [6.07, 6.45) is 0. The lowest BCUT2D eigenvalue weighted by Crippen LogP contribution is -2.12. The zero-order valence-electron chi connectivity index (χ0n) is 8.56. The summed E-state index contributed by atoms with van der Waals surface area (Å²) in [5.74, 6) is 0.797. The van der Waals surface area contributed by atoms with Crippen LogP contribution >= 0.6 is 11.6 Å². The van der Waals surface area contributed by atoms with Crippen molar-refractivity contribution in [3.63, 3.8) is 0 Å². The quantitative estimate of drug-likeness (QED) is 0.782. The van der Waals surface area contributed by atoms with E-state index < -0.39 is 0 Å². The van der Waals surface area contributed by atoms with Crippen LogP contribution in [0.25, 0.3) is 0 Å². The molecule has 0 aliphatic heterocycles. The lowest BCUT2D eigenvalue weighted by atomic mass is 10.1. The van der Waals surface area contributed by atoms with Gasteiger partial charge in [0.1, 0.15) is 5.75 Å². The van der Waals surface area contributed by atoms with Gasteiger partial charge in [-0.3, -0.25) is 0 Å². The molecule has 0 spiro atoms. The van der Waals surface area contributed by atoms with Gasteiger partial charge in [0.05, 0.1) is 14.2 Å². The largest absolute Gasteiger partial charge is 0.496 e. The average molecular weight is 216 g/mol. The van der Waals surface area contributed by atoms with Crippen molar-refractivity contribution in [2.75, 3.05) is 14.2 Å². The molecule has 1 aromatic rings. The van der Waals surface area contributed by atoms with E-state index in [0.717, 1.165) is 16.9 Å². The van der Waals surface area contributed by atoms with Crippen molar-refractivity contribution in [2.45, 2.75) is 13.5 Å². The molecule has 1 rings (SSSR count). The zero-order chi connectivity index (χ0) is 10.6. The van der Waals surface area contributed by atoms with Crippen molar-refractivity contribution in [3.8, 4) is 5.75 Å². The maximum Gasteiger partial charge on any atom is 0.123 e. The monoisotopic (exact) mass is 215 g/mol. The van der Waals surface area contributed by atoms with Crippen LogP contribution in [0.4, 0.5) is 0 Å². The summed E-state index contributed by atoms with van der Waals surface area (Å²) in [4.78, 5) is 4.78. The van der Waals surface area contributed by atoms with Crippen LogP contribution in [-0.4, -0.2) is 14.2 Å². The van der Waals surface area contributed by atoms with Crippen LogP contribution in [0.2, 0.25) is 5.02 Å². The van der Waals surface area contributed by atoms with Gasteiger partial charge in [-0.25, -0.2) is 0 Å². The zero-order valence-corrected chi connectivity index (χ0v) is 9.31. The molecule has 0 saturated heterocycles. The first-order valence-electron chi connectivity index (χ1n) is 4.28. The third-order valence-electron chi connectivity index (χ3n) is 2.06. The Morgan fingerprint density at radius 1 is 1.36 bits per heavy atom. The molecule has 78 valence electrons. The van der Waals surface area contributed by atoms with Gasteiger partial charge in [-0.15, -0.1) is 0 Å². The summed E-state index contributed by atoms with van der Waals surface area (Å²) in [6, 6.07) is 3.69. The normalized spacial score (nSPS) is 10.3. The molecule has 0 saturated carbocycles. The second kappa shape index (κ2) is 5.20. The van der Waals surface area contributed by atoms with E-state index in [-0.39, 0.29) is 0 Å². The van der Waals surface area contributed by atoms with Crippen LogP contribution in [0.15, 0.2) is 12.1 Å². The second-order valence-electron chi connectivity index (χ2n) is 2.92. The molecule has 0 radical (unpaired) electrons. The molecular formula is C10H14ClNO2. The Morgan fingerprint density at radius 2 is 2.07 bits per heavy atom. The van der Waals surface area contributed by atoms with Crippen LogP contribution in [0.1, 0.15) is 11.1 Å². The van der Waals surface area contributed by atoms with Crippen molar-refractivity contribution < 1.29 is 9.57 Å². The van der Waals surface area contributed by atoms with Crippen LogP contribution < -0.4 is 10.2 Å². The summed E-state index contributed by atoms with van der Waals surface area (Å²) in [5.41, 5.74) is 4.91. The highest BCUT2D eigenvalue weighted by Gasteiger charge is 2.06. The Bertz CT molecular complexity index is 315. The Balaban J connectivity index is 2.96. The van der Waals surface area contributed by atoms with E-state index in [2.05, 4.69) is 5.48 Å². The fraction of sp³-hybridized carbons (Fsp3) is 0.400. The summed E-state index contributed by atoms with van der Waals surface area (Å²) < 4.78 is 5.19. The summed E-state index contributed by atoms with van der Waals surface area (Å²) in [6.45, 7) is 2.60. The molecule has 0 aliphatic rings. The fourth-order valence-corrected chi connectivity index (χ4v) is 1.48. The predicted octanol–water partition coefficient (Wildman–Crippen LogP) is 2.31. The minimum absolute atomic E-state index is 0.610. The molecule has 3 nitrogen and oxygen atoms in total. The number of hydrogen-bond acceptors (Lipinski definition) is 3. The van der Waals surface area contributed by atoms with E-state index in [1.165, 1.54) is 0 Å². The number of hydrogen-bond donors (Lipinski definition) is 1. The van der Waals surface area contributed by atoms with Crippen LogP contribution in [0.5, 0.6) is 5.75 Å². The third kappa shape index (κ3) is 2.61. The first kappa shape index (κ1) is 11.3. The van der Waals surface area contributed by atoms with Gasteiger partial charge < -0.3 is 9.57 Å². The molecule has 1 aromatic carbocycles. The summed E-state index contributed by atoms with van der Waals surface area (Å²) in [5, 5.41) is 0.667. The highest BCUT2D eigenvalue weighted by atomic mass is 35.5. The molecule has 0 fully saturated rings. The minimum Gasteiger partial charge on any atom is -0.496 e. The molecule has 0 heterocycles. The maximum atomic E-state index is 5.93. The first-order valence-corrected chi connectivity index (χ1v) is 4.65. The number of methoxy groups -OCH3 is 1. The van der Waals surface area contributed by atoms with Crippen molar-refractivity contribution >= 4 is 11.6 Å². The lowest BCUT2D eigenvalue weighted by molar-refractivity contribution is 0.0865.